The van der Waals surface area contributed by atoms with Crippen LogP contribution in [0.3, 0.4) is 0 Å². The lowest BCUT2D eigenvalue weighted by atomic mass is 10.1. The van der Waals surface area contributed by atoms with Crippen LogP contribution in [0.25, 0.3) is 10.2 Å². The van der Waals surface area contributed by atoms with Crippen LogP contribution in [0.4, 0.5) is 0 Å². The second-order valence-corrected chi connectivity index (χ2v) is 6.55. The van der Waals surface area contributed by atoms with Crippen molar-refractivity contribution in [2.24, 2.45) is 7.05 Å². The van der Waals surface area contributed by atoms with E-state index in [1.807, 2.05) is 31.2 Å². The van der Waals surface area contributed by atoms with Gasteiger partial charge in [0, 0.05) is 13.6 Å². The molecule has 2 heterocycles. The average Bonchev–Trinajstić information content (AvgIpc) is 3.06. The fourth-order valence-corrected chi connectivity index (χ4v) is 3.33. The summed E-state index contributed by atoms with van der Waals surface area (Å²) in [5, 5.41) is 4.54. The Kier molecular flexibility index (Phi) is 4.35. The minimum atomic E-state index is -0.489. The van der Waals surface area contributed by atoms with E-state index in [2.05, 4.69) is 5.32 Å². The minimum absolute atomic E-state index is 0.119. The highest BCUT2D eigenvalue weighted by Crippen LogP contribution is 2.14. The number of fused-ring (bicyclic) bond motifs is 1. The summed E-state index contributed by atoms with van der Waals surface area (Å²) in [4.78, 5) is 36.6. The van der Waals surface area contributed by atoms with Gasteiger partial charge in [0.15, 0.2) is 0 Å². The van der Waals surface area contributed by atoms with Crippen LogP contribution >= 0.6 is 11.3 Å². The molecule has 7 heteroatoms. The monoisotopic (exact) mass is 343 g/mol. The largest absolute Gasteiger partial charge is 0.350 e. The van der Waals surface area contributed by atoms with Gasteiger partial charge in [-0.2, -0.15) is 0 Å². The first-order valence-electron chi connectivity index (χ1n) is 7.46. The lowest BCUT2D eigenvalue weighted by Crippen LogP contribution is -2.40. The number of benzene rings is 1. The van der Waals surface area contributed by atoms with Crippen LogP contribution in [0.2, 0.25) is 0 Å². The second-order valence-electron chi connectivity index (χ2n) is 5.63. The number of nitrogens with one attached hydrogen (secondary N) is 1. The van der Waals surface area contributed by atoms with E-state index in [-0.39, 0.29) is 18.0 Å². The van der Waals surface area contributed by atoms with E-state index in [9.17, 15) is 14.4 Å². The highest BCUT2D eigenvalue weighted by Gasteiger charge is 2.14. The van der Waals surface area contributed by atoms with Gasteiger partial charge in [-0.3, -0.25) is 18.7 Å². The quantitative estimate of drug-likeness (QED) is 0.778. The molecular formula is C17H17N3O3S. The minimum Gasteiger partial charge on any atom is -0.350 e. The maximum atomic E-state index is 12.3. The molecule has 0 atom stereocenters. The van der Waals surface area contributed by atoms with Gasteiger partial charge < -0.3 is 5.32 Å². The number of aryl methyl sites for hydroxylation is 1. The van der Waals surface area contributed by atoms with Crippen molar-refractivity contribution in [2.45, 2.75) is 20.0 Å². The number of hydrogen-bond acceptors (Lipinski definition) is 4. The number of thiophene rings is 1. The molecule has 3 rings (SSSR count). The molecule has 1 amide bonds. The zero-order valence-corrected chi connectivity index (χ0v) is 14.2. The Labute approximate surface area is 142 Å². The Bertz CT molecular complexity index is 1010. The van der Waals surface area contributed by atoms with Crippen LogP contribution in [-0.2, 0) is 24.9 Å². The van der Waals surface area contributed by atoms with Gasteiger partial charge in [0.25, 0.3) is 5.56 Å². The van der Waals surface area contributed by atoms with E-state index < -0.39 is 5.69 Å². The van der Waals surface area contributed by atoms with Crippen molar-refractivity contribution in [3.05, 3.63) is 67.7 Å². The molecule has 24 heavy (non-hydrogen) atoms. The fourth-order valence-electron chi connectivity index (χ4n) is 2.46. The summed E-state index contributed by atoms with van der Waals surface area (Å²) in [5.41, 5.74) is 1.82. The van der Waals surface area contributed by atoms with E-state index in [0.717, 1.165) is 15.7 Å². The first-order chi connectivity index (χ1) is 11.5. The lowest BCUT2D eigenvalue weighted by Gasteiger charge is -2.10. The molecule has 0 fully saturated rings. The van der Waals surface area contributed by atoms with Gasteiger partial charge >= 0.3 is 5.69 Å². The third-order valence-electron chi connectivity index (χ3n) is 3.86. The summed E-state index contributed by atoms with van der Waals surface area (Å²) in [6, 6.07) is 9.55. The van der Waals surface area contributed by atoms with Crippen molar-refractivity contribution >= 4 is 27.5 Å². The number of nitrogens with zero attached hydrogens (tertiary/aromatic N) is 2. The Morgan fingerprint density at radius 2 is 1.88 bits per heavy atom. The van der Waals surface area contributed by atoms with Gasteiger partial charge in [0.2, 0.25) is 5.91 Å². The van der Waals surface area contributed by atoms with Gasteiger partial charge in [-0.1, -0.05) is 29.8 Å². The molecule has 1 N–H and O–H groups in total. The first kappa shape index (κ1) is 16.2. The summed E-state index contributed by atoms with van der Waals surface area (Å²) in [6.45, 7) is 2.28. The average molecular weight is 343 g/mol. The SMILES string of the molecule is Cc1ccc(CNC(=O)Cn2c(=O)n(C)c(=O)c3sccc32)cc1. The molecular weight excluding hydrogens is 326 g/mol. The molecule has 0 aliphatic rings. The normalized spacial score (nSPS) is 10.9. The second kappa shape index (κ2) is 6.45. The predicted octanol–water partition coefficient (Wildman–Crippen LogP) is 1.39. The smallest absolute Gasteiger partial charge is 0.331 e. The molecule has 1 aromatic carbocycles. The number of carbonyl (C=O) groups excluding carboxylic acids is 1. The van der Waals surface area contributed by atoms with Crippen molar-refractivity contribution < 1.29 is 4.79 Å². The number of amides is 1. The molecule has 3 aromatic rings. The number of carbonyl (C=O) groups is 1. The van der Waals surface area contributed by atoms with Crippen molar-refractivity contribution in [2.75, 3.05) is 0 Å². The van der Waals surface area contributed by atoms with Crippen LogP contribution < -0.4 is 16.6 Å². The van der Waals surface area contributed by atoms with Crippen LogP contribution in [0.15, 0.2) is 45.3 Å². The molecule has 0 aliphatic heterocycles. The maximum Gasteiger partial charge on any atom is 0.331 e. The molecule has 0 radical (unpaired) electrons. The highest BCUT2D eigenvalue weighted by atomic mass is 32.1. The zero-order chi connectivity index (χ0) is 17.3. The first-order valence-corrected chi connectivity index (χ1v) is 8.34. The number of aromatic nitrogens is 2. The molecule has 0 bridgehead atoms. The van der Waals surface area contributed by atoms with Crippen molar-refractivity contribution in [3.63, 3.8) is 0 Å². The Balaban J connectivity index is 1.81. The predicted molar refractivity (Wildman–Crippen MR) is 94.4 cm³/mol. The van der Waals surface area contributed by atoms with Gasteiger partial charge in [0.05, 0.1) is 5.52 Å². The molecule has 0 saturated carbocycles. The van der Waals surface area contributed by atoms with E-state index in [0.29, 0.717) is 16.8 Å². The number of hydrogen-bond donors (Lipinski definition) is 1. The maximum absolute atomic E-state index is 12.3. The van der Waals surface area contributed by atoms with Crippen LogP contribution in [0, 0.1) is 6.92 Å². The summed E-state index contributed by atoms with van der Waals surface area (Å²) < 4.78 is 2.84. The van der Waals surface area contributed by atoms with Crippen LogP contribution in [-0.4, -0.2) is 15.0 Å². The standard InChI is InChI=1S/C17H17N3O3S/c1-11-3-5-12(6-4-11)9-18-14(21)10-20-13-7-8-24-15(13)16(22)19(2)17(20)23/h3-8H,9-10H2,1-2H3,(H,18,21). The Hall–Kier alpha value is -2.67. The summed E-state index contributed by atoms with van der Waals surface area (Å²) in [5.74, 6) is -0.274. The molecule has 0 unspecified atom stereocenters. The molecule has 0 aliphatic carbocycles. The van der Waals surface area contributed by atoms with E-state index in [4.69, 9.17) is 0 Å². The summed E-state index contributed by atoms with van der Waals surface area (Å²) >= 11 is 1.26. The number of rotatable bonds is 4. The third-order valence-corrected chi connectivity index (χ3v) is 4.76. The van der Waals surface area contributed by atoms with Gasteiger partial charge in [-0.05, 0) is 23.9 Å². The Morgan fingerprint density at radius 1 is 1.17 bits per heavy atom. The molecule has 0 spiro atoms. The van der Waals surface area contributed by atoms with Crippen molar-refractivity contribution in [1.29, 1.82) is 0 Å². The Morgan fingerprint density at radius 3 is 2.58 bits per heavy atom. The zero-order valence-electron chi connectivity index (χ0n) is 13.4. The lowest BCUT2D eigenvalue weighted by molar-refractivity contribution is -0.121. The van der Waals surface area contributed by atoms with Gasteiger partial charge in [-0.25, -0.2) is 4.79 Å². The molecule has 2 aromatic heterocycles. The molecule has 124 valence electrons. The van der Waals surface area contributed by atoms with E-state index in [1.54, 1.807) is 11.4 Å². The van der Waals surface area contributed by atoms with Crippen LogP contribution in [0.5, 0.6) is 0 Å². The van der Waals surface area contributed by atoms with Crippen LogP contribution in [0.1, 0.15) is 11.1 Å². The summed E-state index contributed by atoms with van der Waals surface area (Å²) in [7, 11) is 1.42. The van der Waals surface area contributed by atoms with E-state index in [1.165, 1.54) is 23.0 Å². The van der Waals surface area contributed by atoms with Gasteiger partial charge in [0.1, 0.15) is 11.2 Å². The molecule has 6 nitrogen and oxygen atoms in total. The van der Waals surface area contributed by atoms with Crippen molar-refractivity contribution in [1.82, 2.24) is 14.5 Å². The topological polar surface area (TPSA) is 73.1 Å². The fraction of sp³-hybridized carbons (Fsp3) is 0.235. The molecule has 0 saturated heterocycles. The third kappa shape index (κ3) is 3.03. The van der Waals surface area contributed by atoms with Gasteiger partial charge in [-0.15, -0.1) is 11.3 Å². The highest BCUT2D eigenvalue weighted by molar-refractivity contribution is 7.17. The summed E-state index contributed by atoms with van der Waals surface area (Å²) in [6.07, 6.45) is 0. The van der Waals surface area contributed by atoms with Crippen molar-refractivity contribution in [3.8, 4) is 0 Å². The van der Waals surface area contributed by atoms with E-state index >= 15 is 0 Å².